The summed E-state index contributed by atoms with van der Waals surface area (Å²) in [4.78, 5) is 14.9. The van der Waals surface area contributed by atoms with Gasteiger partial charge in [0.2, 0.25) is 5.91 Å². The second-order valence-electron chi connectivity index (χ2n) is 7.12. The third kappa shape index (κ3) is 4.94. The molecule has 140 valence electrons. The van der Waals surface area contributed by atoms with E-state index in [1.54, 1.807) is 12.1 Å². The summed E-state index contributed by atoms with van der Waals surface area (Å²) in [6, 6.07) is 10.5. The van der Waals surface area contributed by atoms with Crippen molar-refractivity contribution in [2.45, 2.75) is 38.1 Å². The molecule has 2 aromatic rings. The number of aromatic nitrogens is 1. The number of nitrogens with one attached hydrogen (secondary N) is 1. The molecular weight excluding hydrogens is 329 g/mol. The fraction of sp³-hybridized carbons (Fsp3) is 0.476. The predicted molar refractivity (Wildman–Crippen MR) is 101 cm³/mol. The summed E-state index contributed by atoms with van der Waals surface area (Å²) >= 11 is 0. The van der Waals surface area contributed by atoms with E-state index in [1.807, 2.05) is 0 Å². The van der Waals surface area contributed by atoms with E-state index in [4.69, 9.17) is 0 Å². The minimum absolute atomic E-state index is 0.0226. The number of hydrogen-bond donors (Lipinski definition) is 1. The Kier molecular flexibility index (Phi) is 6.45. The number of likely N-dealkylation sites (tertiary alicyclic amines) is 1. The van der Waals surface area contributed by atoms with Crippen molar-refractivity contribution in [3.63, 3.8) is 0 Å². The first-order chi connectivity index (χ1) is 12.6. The van der Waals surface area contributed by atoms with Gasteiger partial charge in [-0.05, 0) is 55.8 Å². The molecule has 1 saturated heterocycles. The fourth-order valence-corrected chi connectivity index (χ4v) is 3.71. The zero-order chi connectivity index (χ0) is 18.4. The molecule has 1 aliphatic heterocycles. The van der Waals surface area contributed by atoms with E-state index in [-0.39, 0.29) is 24.2 Å². The van der Waals surface area contributed by atoms with Gasteiger partial charge in [0.1, 0.15) is 5.82 Å². The number of hydrogen-bond acceptors (Lipinski definition) is 2. The topological polar surface area (TPSA) is 37.3 Å². The van der Waals surface area contributed by atoms with Crippen molar-refractivity contribution in [3.05, 3.63) is 59.7 Å². The molecule has 1 N–H and O–H groups in total. The monoisotopic (exact) mass is 357 g/mol. The van der Waals surface area contributed by atoms with Crippen LogP contribution in [0.25, 0.3) is 0 Å². The summed E-state index contributed by atoms with van der Waals surface area (Å²) < 4.78 is 15.1. The first-order valence-corrected chi connectivity index (χ1v) is 9.50. The summed E-state index contributed by atoms with van der Waals surface area (Å²) in [6.07, 6.45) is 7.33. The standard InChI is InChI=1S/C21H28FN3O/c1-24-12-6-7-19(24)20(25-13-4-2-3-5-14-25)16-23-21(26)15-17-8-10-18(22)11-9-17/h6-12,20H,2-5,13-16H2,1H3,(H,23,26)/t20-/m0/s1. The lowest BCUT2D eigenvalue weighted by atomic mass is 10.1. The number of nitrogens with zero attached hydrogens (tertiary/aromatic N) is 2. The van der Waals surface area contributed by atoms with Crippen molar-refractivity contribution < 1.29 is 9.18 Å². The number of halogens is 1. The van der Waals surface area contributed by atoms with Gasteiger partial charge in [-0.2, -0.15) is 0 Å². The molecule has 26 heavy (non-hydrogen) atoms. The Balaban J connectivity index is 1.64. The van der Waals surface area contributed by atoms with Gasteiger partial charge in [-0.25, -0.2) is 4.39 Å². The van der Waals surface area contributed by atoms with E-state index in [1.165, 1.54) is 43.5 Å². The molecule has 0 radical (unpaired) electrons. The van der Waals surface area contributed by atoms with Crippen LogP contribution in [-0.2, 0) is 18.3 Å². The van der Waals surface area contributed by atoms with E-state index in [0.717, 1.165) is 18.7 Å². The molecule has 2 heterocycles. The summed E-state index contributed by atoms with van der Waals surface area (Å²) in [5, 5.41) is 3.09. The largest absolute Gasteiger partial charge is 0.354 e. The van der Waals surface area contributed by atoms with Crippen molar-refractivity contribution in [3.8, 4) is 0 Å². The number of amides is 1. The Morgan fingerprint density at radius 3 is 2.42 bits per heavy atom. The molecule has 5 heteroatoms. The molecule has 4 nitrogen and oxygen atoms in total. The smallest absolute Gasteiger partial charge is 0.224 e. The zero-order valence-corrected chi connectivity index (χ0v) is 15.5. The number of benzene rings is 1. The van der Waals surface area contributed by atoms with Crippen LogP contribution in [0.2, 0.25) is 0 Å². The Morgan fingerprint density at radius 2 is 1.81 bits per heavy atom. The average Bonchev–Trinajstić information content (AvgIpc) is 2.88. The van der Waals surface area contributed by atoms with Gasteiger partial charge in [0.25, 0.3) is 0 Å². The lowest BCUT2D eigenvalue weighted by molar-refractivity contribution is -0.120. The lowest BCUT2D eigenvalue weighted by Crippen LogP contribution is -2.39. The van der Waals surface area contributed by atoms with Crippen LogP contribution >= 0.6 is 0 Å². The molecular formula is C21H28FN3O. The number of aryl methyl sites for hydroxylation is 1. The molecule has 0 spiro atoms. The Hall–Kier alpha value is -2.14. The maximum atomic E-state index is 13.0. The third-order valence-corrected chi connectivity index (χ3v) is 5.18. The zero-order valence-electron chi connectivity index (χ0n) is 15.5. The minimum Gasteiger partial charge on any atom is -0.354 e. The highest BCUT2D eigenvalue weighted by Crippen LogP contribution is 2.24. The molecule has 0 aliphatic carbocycles. The number of rotatable bonds is 6. The molecule has 1 fully saturated rings. The molecule has 3 rings (SSSR count). The molecule has 1 atom stereocenters. The van der Waals surface area contributed by atoms with Crippen molar-refractivity contribution in [2.24, 2.45) is 7.05 Å². The molecule has 0 unspecified atom stereocenters. The van der Waals surface area contributed by atoms with Gasteiger partial charge < -0.3 is 9.88 Å². The van der Waals surface area contributed by atoms with Gasteiger partial charge in [0.15, 0.2) is 0 Å². The first kappa shape index (κ1) is 18.6. The minimum atomic E-state index is -0.279. The second-order valence-corrected chi connectivity index (χ2v) is 7.12. The Bertz CT molecular complexity index is 702. The van der Waals surface area contributed by atoms with Crippen LogP contribution in [-0.4, -0.2) is 35.0 Å². The van der Waals surface area contributed by atoms with Crippen molar-refractivity contribution >= 4 is 5.91 Å². The second kappa shape index (κ2) is 8.99. The van der Waals surface area contributed by atoms with E-state index >= 15 is 0 Å². The SMILES string of the molecule is Cn1cccc1[C@H](CNC(=O)Cc1ccc(F)cc1)N1CCCCCC1. The van der Waals surface area contributed by atoms with Gasteiger partial charge in [-0.15, -0.1) is 0 Å². The van der Waals surface area contributed by atoms with E-state index in [0.29, 0.717) is 6.54 Å². The van der Waals surface area contributed by atoms with Gasteiger partial charge in [-0.1, -0.05) is 25.0 Å². The third-order valence-electron chi connectivity index (χ3n) is 5.18. The van der Waals surface area contributed by atoms with Crippen molar-refractivity contribution in [1.82, 2.24) is 14.8 Å². The molecule has 1 aliphatic rings. The van der Waals surface area contributed by atoms with Crippen molar-refractivity contribution in [2.75, 3.05) is 19.6 Å². The molecule has 0 bridgehead atoms. The highest BCUT2D eigenvalue weighted by molar-refractivity contribution is 5.78. The summed E-state index contributed by atoms with van der Waals surface area (Å²) in [5.41, 5.74) is 2.06. The van der Waals surface area contributed by atoms with Crippen LogP contribution in [0.4, 0.5) is 4.39 Å². The quantitative estimate of drug-likeness (QED) is 0.860. The first-order valence-electron chi connectivity index (χ1n) is 9.50. The Labute approximate surface area is 155 Å². The average molecular weight is 357 g/mol. The lowest BCUT2D eigenvalue weighted by Gasteiger charge is -2.31. The van der Waals surface area contributed by atoms with Crippen LogP contribution in [0.15, 0.2) is 42.6 Å². The number of carbonyl (C=O) groups is 1. The molecule has 0 saturated carbocycles. The highest BCUT2D eigenvalue weighted by Gasteiger charge is 2.23. The molecule has 1 aromatic carbocycles. The maximum Gasteiger partial charge on any atom is 0.224 e. The van der Waals surface area contributed by atoms with Gasteiger partial charge in [0, 0.05) is 25.5 Å². The predicted octanol–water partition coefficient (Wildman–Crippen LogP) is 3.44. The van der Waals surface area contributed by atoms with E-state index < -0.39 is 0 Å². The van der Waals surface area contributed by atoms with Crippen LogP contribution in [0.5, 0.6) is 0 Å². The van der Waals surface area contributed by atoms with Gasteiger partial charge in [-0.3, -0.25) is 9.69 Å². The molecule has 1 aromatic heterocycles. The van der Waals surface area contributed by atoms with Crippen LogP contribution in [0, 0.1) is 5.82 Å². The fourth-order valence-electron chi connectivity index (χ4n) is 3.71. The number of carbonyl (C=O) groups excluding carboxylic acids is 1. The normalized spacial score (nSPS) is 16.8. The van der Waals surface area contributed by atoms with Gasteiger partial charge in [0.05, 0.1) is 12.5 Å². The van der Waals surface area contributed by atoms with Gasteiger partial charge >= 0.3 is 0 Å². The maximum absolute atomic E-state index is 13.0. The summed E-state index contributed by atoms with van der Waals surface area (Å²) in [5.74, 6) is -0.301. The van der Waals surface area contributed by atoms with Crippen LogP contribution in [0.3, 0.4) is 0 Å². The Morgan fingerprint density at radius 1 is 1.12 bits per heavy atom. The summed E-state index contributed by atoms with van der Waals surface area (Å²) in [7, 11) is 2.06. The van der Waals surface area contributed by atoms with E-state index in [2.05, 4.69) is 40.2 Å². The van der Waals surface area contributed by atoms with E-state index in [9.17, 15) is 9.18 Å². The molecule has 1 amide bonds. The summed E-state index contributed by atoms with van der Waals surface area (Å²) in [6.45, 7) is 2.74. The van der Waals surface area contributed by atoms with Crippen LogP contribution < -0.4 is 5.32 Å². The van der Waals surface area contributed by atoms with Crippen molar-refractivity contribution in [1.29, 1.82) is 0 Å². The van der Waals surface area contributed by atoms with Crippen LogP contribution in [0.1, 0.15) is 43.0 Å². The highest BCUT2D eigenvalue weighted by atomic mass is 19.1.